The van der Waals surface area contributed by atoms with Crippen molar-refractivity contribution in [1.82, 2.24) is 20.2 Å². The molecule has 9 heteroatoms. The van der Waals surface area contributed by atoms with Gasteiger partial charge in [-0.15, -0.1) is 0 Å². The molecule has 23 heavy (non-hydrogen) atoms. The molecular formula is C14H20N6O3. The number of nitrogens with zero attached hydrogens (tertiary/aromatic N) is 3. The lowest BCUT2D eigenvalue weighted by molar-refractivity contribution is -0.139. The Morgan fingerprint density at radius 3 is 2.91 bits per heavy atom. The molecule has 2 saturated heterocycles. The molecule has 1 unspecified atom stereocenters. The molecule has 1 aromatic rings. The van der Waals surface area contributed by atoms with E-state index in [1.807, 2.05) is 4.90 Å². The van der Waals surface area contributed by atoms with Gasteiger partial charge in [-0.1, -0.05) is 0 Å². The lowest BCUT2D eigenvalue weighted by Crippen LogP contribution is -2.56. The summed E-state index contributed by atoms with van der Waals surface area (Å²) in [5.41, 5.74) is 11.6. The summed E-state index contributed by atoms with van der Waals surface area (Å²) in [6.45, 7) is 3.38. The number of fused-ring (bicyclic) bond motifs is 1. The summed E-state index contributed by atoms with van der Waals surface area (Å²) in [5, 5.41) is 3.13. The monoisotopic (exact) mass is 320 g/mol. The van der Waals surface area contributed by atoms with Crippen molar-refractivity contribution in [2.45, 2.75) is 12.0 Å². The summed E-state index contributed by atoms with van der Waals surface area (Å²) < 4.78 is 11.7. The van der Waals surface area contributed by atoms with Gasteiger partial charge >= 0.3 is 0 Å². The van der Waals surface area contributed by atoms with Gasteiger partial charge in [0, 0.05) is 26.1 Å². The van der Waals surface area contributed by atoms with Crippen LogP contribution in [0.3, 0.4) is 0 Å². The Hall–Kier alpha value is -2.13. The molecule has 2 fully saturated rings. The Bertz CT molecular complexity index is 650. The normalized spacial score (nSPS) is 27.2. The summed E-state index contributed by atoms with van der Waals surface area (Å²) in [6, 6.07) is 0. The Morgan fingerprint density at radius 1 is 1.35 bits per heavy atom. The summed E-state index contributed by atoms with van der Waals surface area (Å²) in [5.74, 6) is 1.01. The van der Waals surface area contributed by atoms with Crippen molar-refractivity contribution < 1.29 is 14.3 Å². The second-order valence-electron chi connectivity index (χ2n) is 6.38. The van der Waals surface area contributed by atoms with Gasteiger partial charge in [-0.2, -0.15) is 9.97 Å². The quantitative estimate of drug-likeness (QED) is 0.564. The van der Waals surface area contributed by atoms with Gasteiger partial charge in [0.25, 0.3) is 0 Å². The second-order valence-corrected chi connectivity index (χ2v) is 6.38. The zero-order valence-electron chi connectivity index (χ0n) is 12.7. The number of hydrogen-bond acceptors (Lipinski definition) is 8. The van der Waals surface area contributed by atoms with E-state index in [2.05, 4.69) is 15.3 Å². The van der Waals surface area contributed by atoms with Gasteiger partial charge in [0.1, 0.15) is 5.82 Å². The highest BCUT2D eigenvalue weighted by molar-refractivity contribution is 5.80. The van der Waals surface area contributed by atoms with Gasteiger partial charge in [-0.3, -0.25) is 4.79 Å². The van der Waals surface area contributed by atoms with Crippen LogP contribution in [0.2, 0.25) is 0 Å². The number of amides is 1. The highest BCUT2D eigenvalue weighted by Crippen LogP contribution is 2.38. The van der Waals surface area contributed by atoms with Crippen LogP contribution in [0.5, 0.6) is 5.88 Å². The smallest absolute Gasteiger partial charge is 0.228 e. The Kier molecular flexibility index (Phi) is 3.27. The van der Waals surface area contributed by atoms with Crippen molar-refractivity contribution in [3.63, 3.8) is 0 Å². The van der Waals surface area contributed by atoms with Crippen LogP contribution in [0.15, 0.2) is 0 Å². The van der Waals surface area contributed by atoms with Crippen molar-refractivity contribution >= 4 is 17.7 Å². The lowest BCUT2D eigenvalue weighted by Gasteiger charge is -2.35. The van der Waals surface area contributed by atoms with Crippen molar-refractivity contribution in [3.8, 4) is 5.88 Å². The van der Waals surface area contributed by atoms with Gasteiger partial charge in [-0.05, 0) is 0 Å². The molecule has 0 radical (unpaired) electrons. The van der Waals surface area contributed by atoms with Crippen molar-refractivity contribution in [1.29, 1.82) is 0 Å². The molecule has 0 bridgehead atoms. The van der Waals surface area contributed by atoms with Crippen LogP contribution in [0.1, 0.15) is 5.56 Å². The molecule has 4 rings (SSSR count). The number of carbonyl (C=O) groups is 1. The van der Waals surface area contributed by atoms with Crippen molar-refractivity contribution in [2.24, 2.45) is 5.92 Å². The molecule has 1 spiro atoms. The molecule has 3 aliphatic rings. The molecule has 3 aliphatic heterocycles. The maximum absolute atomic E-state index is 12.6. The molecular weight excluding hydrogens is 300 g/mol. The third kappa shape index (κ3) is 2.45. The predicted octanol–water partition coefficient (Wildman–Crippen LogP) is -1.61. The topological polar surface area (TPSA) is 129 Å². The molecule has 124 valence electrons. The van der Waals surface area contributed by atoms with E-state index in [1.54, 1.807) is 0 Å². The van der Waals surface area contributed by atoms with Crippen molar-refractivity contribution in [3.05, 3.63) is 5.56 Å². The fourth-order valence-corrected chi connectivity index (χ4v) is 3.29. The van der Waals surface area contributed by atoms with Gasteiger partial charge in [-0.25, -0.2) is 0 Å². The summed E-state index contributed by atoms with van der Waals surface area (Å²) in [6.07, 6.45) is 0.515. The molecule has 9 nitrogen and oxygen atoms in total. The number of nitrogen functional groups attached to an aromatic ring is 2. The van der Waals surface area contributed by atoms with Gasteiger partial charge in [0.2, 0.25) is 17.7 Å². The maximum atomic E-state index is 12.6. The minimum atomic E-state index is -0.664. The number of anilines is 2. The van der Waals surface area contributed by atoms with E-state index >= 15 is 0 Å². The molecule has 5 N–H and O–H groups in total. The summed E-state index contributed by atoms with van der Waals surface area (Å²) in [4.78, 5) is 22.5. The van der Waals surface area contributed by atoms with Crippen LogP contribution < -0.4 is 21.5 Å². The van der Waals surface area contributed by atoms with E-state index in [-0.39, 0.29) is 17.8 Å². The van der Waals surface area contributed by atoms with Gasteiger partial charge in [0.05, 0.1) is 31.2 Å². The van der Waals surface area contributed by atoms with E-state index in [1.165, 1.54) is 0 Å². The van der Waals surface area contributed by atoms with E-state index < -0.39 is 5.60 Å². The Labute approximate surface area is 133 Å². The van der Waals surface area contributed by atoms with Gasteiger partial charge < -0.3 is 31.2 Å². The number of carbonyl (C=O) groups excluding carboxylic acids is 1. The SMILES string of the molecule is Nc1nc(N)c2c(n1)OC1(COCCN(C(=O)C3CNC3)C1)C2. The van der Waals surface area contributed by atoms with Crippen LogP contribution in [-0.2, 0) is 16.0 Å². The Morgan fingerprint density at radius 2 is 2.17 bits per heavy atom. The maximum Gasteiger partial charge on any atom is 0.228 e. The van der Waals surface area contributed by atoms with Crippen LogP contribution in [-0.4, -0.2) is 65.8 Å². The summed E-state index contributed by atoms with van der Waals surface area (Å²) in [7, 11) is 0. The fourth-order valence-electron chi connectivity index (χ4n) is 3.29. The third-order valence-corrected chi connectivity index (χ3v) is 4.62. The molecule has 0 aromatic carbocycles. The molecule has 4 heterocycles. The summed E-state index contributed by atoms with van der Waals surface area (Å²) >= 11 is 0. The predicted molar refractivity (Wildman–Crippen MR) is 81.7 cm³/mol. The number of aromatic nitrogens is 2. The lowest BCUT2D eigenvalue weighted by atomic mass is 9.96. The van der Waals surface area contributed by atoms with Crippen LogP contribution in [0.4, 0.5) is 11.8 Å². The van der Waals surface area contributed by atoms with Crippen molar-refractivity contribution in [2.75, 3.05) is 50.9 Å². The molecule has 1 aromatic heterocycles. The minimum absolute atomic E-state index is 0.0504. The van der Waals surface area contributed by atoms with E-state index in [9.17, 15) is 4.79 Å². The fraction of sp³-hybridized carbons (Fsp3) is 0.643. The number of nitrogens with one attached hydrogen (secondary N) is 1. The highest BCUT2D eigenvalue weighted by Gasteiger charge is 2.46. The number of ether oxygens (including phenoxy) is 2. The molecule has 0 saturated carbocycles. The molecule has 1 amide bonds. The standard InChI is InChI=1S/C14H20N6O3/c15-10-9-3-14(23-11(9)19-13(16)18-10)6-20(1-2-22-7-14)12(21)8-4-17-5-8/h8,17H,1-7H2,(H4,15,16,18,19). The first kappa shape index (κ1) is 14.5. The zero-order valence-corrected chi connectivity index (χ0v) is 12.7. The zero-order chi connectivity index (χ0) is 16.0. The van der Waals surface area contributed by atoms with Crippen LogP contribution in [0.25, 0.3) is 0 Å². The number of hydrogen-bond donors (Lipinski definition) is 3. The Balaban J connectivity index is 1.58. The number of nitrogens with two attached hydrogens (primary N) is 2. The highest BCUT2D eigenvalue weighted by atomic mass is 16.6. The minimum Gasteiger partial charge on any atom is -0.466 e. The van der Waals surface area contributed by atoms with E-state index in [4.69, 9.17) is 20.9 Å². The first-order valence-corrected chi connectivity index (χ1v) is 7.74. The second kappa shape index (κ2) is 5.20. The number of rotatable bonds is 1. The average Bonchev–Trinajstić information content (AvgIpc) is 2.65. The first-order valence-electron chi connectivity index (χ1n) is 7.74. The molecule has 0 aliphatic carbocycles. The van der Waals surface area contributed by atoms with Crippen LogP contribution >= 0.6 is 0 Å². The van der Waals surface area contributed by atoms with E-state index in [0.29, 0.717) is 44.4 Å². The van der Waals surface area contributed by atoms with E-state index in [0.717, 1.165) is 18.7 Å². The third-order valence-electron chi connectivity index (χ3n) is 4.62. The molecule has 1 atom stereocenters. The average molecular weight is 320 g/mol. The largest absolute Gasteiger partial charge is 0.466 e. The van der Waals surface area contributed by atoms with Crippen LogP contribution in [0, 0.1) is 5.92 Å². The first-order chi connectivity index (χ1) is 11.1. The van der Waals surface area contributed by atoms with Gasteiger partial charge in [0.15, 0.2) is 5.60 Å².